The van der Waals surface area contributed by atoms with Crippen molar-refractivity contribution in [3.8, 4) is 0 Å². The van der Waals surface area contributed by atoms with Gasteiger partial charge in [-0.05, 0) is 12.1 Å². The molecule has 0 aromatic heterocycles. The standard InChI is InChI=1S/C10H11N3O/c1-2-9(13-14)10(12)7-5-3-4-6-8(7)11/h2-6,12,14H,1,11H2. The Morgan fingerprint density at radius 2 is 2.14 bits per heavy atom. The number of benzene rings is 1. The predicted octanol–water partition coefficient (Wildman–Crippen LogP) is 1.65. The van der Waals surface area contributed by atoms with Crippen LogP contribution in [0.3, 0.4) is 0 Å². The molecule has 0 aliphatic rings. The van der Waals surface area contributed by atoms with E-state index in [-0.39, 0.29) is 11.4 Å². The van der Waals surface area contributed by atoms with E-state index in [0.29, 0.717) is 11.3 Å². The third-order valence-electron chi connectivity index (χ3n) is 1.79. The summed E-state index contributed by atoms with van der Waals surface area (Å²) in [5, 5.41) is 19.2. The van der Waals surface area contributed by atoms with Crippen molar-refractivity contribution in [3.05, 3.63) is 42.5 Å². The summed E-state index contributed by atoms with van der Waals surface area (Å²) in [4.78, 5) is 0. The van der Waals surface area contributed by atoms with E-state index in [9.17, 15) is 0 Å². The van der Waals surface area contributed by atoms with Crippen LogP contribution in [0.25, 0.3) is 0 Å². The zero-order valence-corrected chi connectivity index (χ0v) is 7.57. The SMILES string of the molecule is C=CC(=NO)C(=N)c1ccccc1N. The minimum atomic E-state index is 0.0561. The van der Waals surface area contributed by atoms with Gasteiger partial charge in [-0.2, -0.15) is 0 Å². The van der Waals surface area contributed by atoms with Gasteiger partial charge in [0.1, 0.15) is 5.71 Å². The molecule has 1 rings (SSSR count). The summed E-state index contributed by atoms with van der Waals surface area (Å²) in [7, 11) is 0. The molecule has 0 heterocycles. The summed E-state index contributed by atoms with van der Waals surface area (Å²) in [6, 6.07) is 6.91. The molecule has 14 heavy (non-hydrogen) atoms. The lowest BCUT2D eigenvalue weighted by Crippen LogP contribution is -2.13. The van der Waals surface area contributed by atoms with Crippen LogP contribution in [0, 0.1) is 5.41 Å². The second-order valence-electron chi connectivity index (χ2n) is 2.65. The van der Waals surface area contributed by atoms with E-state index in [2.05, 4.69) is 11.7 Å². The highest BCUT2D eigenvalue weighted by Crippen LogP contribution is 2.11. The molecule has 0 saturated heterocycles. The summed E-state index contributed by atoms with van der Waals surface area (Å²) < 4.78 is 0. The van der Waals surface area contributed by atoms with Crippen molar-refractivity contribution >= 4 is 17.1 Å². The van der Waals surface area contributed by atoms with Crippen LogP contribution in [0.4, 0.5) is 5.69 Å². The van der Waals surface area contributed by atoms with Gasteiger partial charge in [0.25, 0.3) is 0 Å². The number of hydrogen-bond acceptors (Lipinski definition) is 4. The van der Waals surface area contributed by atoms with Crippen LogP contribution >= 0.6 is 0 Å². The lowest BCUT2D eigenvalue weighted by atomic mass is 10.0. The van der Waals surface area contributed by atoms with Crippen molar-refractivity contribution in [2.75, 3.05) is 5.73 Å². The normalized spacial score (nSPS) is 11.0. The number of oxime groups is 1. The van der Waals surface area contributed by atoms with Crippen molar-refractivity contribution in [3.63, 3.8) is 0 Å². The van der Waals surface area contributed by atoms with Gasteiger partial charge >= 0.3 is 0 Å². The fourth-order valence-corrected chi connectivity index (χ4v) is 1.06. The van der Waals surface area contributed by atoms with Gasteiger partial charge in [-0.3, -0.25) is 5.41 Å². The number of nitrogens with zero attached hydrogens (tertiary/aromatic N) is 1. The molecule has 4 heteroatoms. The number of allylic oxidation sites excluding steroid dienone is 1. The quantitative estimate of drug-likeness (QED) is 0.292. The number of hydrogen-bond donors (Lipinski definition) is 3. The smallest absolute Gasteiger partial charge is 0.127 e. The maximum Gasteiger partial charge on any atom is 0.127 e. The fraction of sp³-hybridized carbons (Fsp3) is 0. The highest BCUT2D eigenvalue weighted by Gasteiger charge is 2.09. The molecule has 72 valence electrons. The Kier molecular flexibility index (Phi) is 3.01. The number of nitrogens with one attached hydrogen (secondary N) is 1. The van der Waals surface area contributed by atoms with Crippen LogP contribution in [-0.4, -0.2) is 16.6 Å². The molecule has 0 bridgehead atoms. The van der Waals surface area contributed by atoms with Gasteiger partial charge < -0.3 is 10.9 Å². The molecular formula is C10H11N3O. The van der Waals surface area contributed by atoms with Crippen molar-refractivity contribution < 1.29 is 5.21 Å². The lowest BCUT2D eigenvalue weighted by Gasteiger charge is -2.05. The van der Waals surface area contributed by atoms with E-state index in [1.807, 2.05) is 0 Å². The van der Waals surface area contributed by atoms with E-state index in [4.69, 9.17) is 16.4 Å². The van der Waals surface area contributed by atoms with Crippen molar-refractivity contribution in [1.29, 1.82) is 5.41 Å². The molecule has 0 aliphatic carbocycles. The molecule has 0 aliphatic heterocycles. The minimum absolute atomic E-state index is 0.0561. The van der Waals surface area contributed by atoms with Crippen LogP contribution < -0.4 is 5.73 Å². The Morgan fingerprint density at radius 1 is 1.50 bits per heavy atom. The van der Waals surface area contributed by atoms with E-state index in [1.165, 1.54) is 6.08 Å². The van der Waals surface area contributed by atoms with Crippen LogP contribution in [0.2, 0.25) is 0 Å². The Balaban J connectivity index is 3.13. The van der Waals surface area contributed by atoms with Gasteiger partial charge in [0.2, 0.25) is 0 Å². The predicted molar refractivity (Wildman–Crippen MR) is 57.1 cm³/mol. The van der Waals surface area contributed by atoms with Crippen molar-refractivity contribution in [1.82, 2.24) is 0 Å². The van der Waals surface area contributed by atoms with Gasteiger partial charge in [0.05, 0.1) is 5.71 Å². The maximum absolute atomic E-state index is 8.58. The molecule has 0 radical (unpaired) electrons. The second kappa shape index (κ2) is 4.23. The largest absolute Gasteiger partial charge is 0.410 e. The van der Waals surface area contributed by atoms with Crippen LogP contribution in [0.1, 0.15) is 5.56 Å². The van der Waals surface area contributed by atoms with Gasteiger partial charge in [-0.15, -0.1) is 0 Å². The first-order valence-electron chi connectivity index (χ1n) is 3.99. The van der Waals surface area contributed by atoms with Crippen LogP contribution in [0.15, 0.2) is 42.1 Å². The van der Waals surface area contributed by atoms with Crippen LogP contribution in [-0.2, 0) is 0 Å². The molecule has 1 aromatic rings. The monoisotopic (exact) mass is 189 g/mol. The molecule has 1 aromatic carbocycles. The van der Waals surface area contributed by atoms with Gasteiger partial charge in [0, 0.05) is 11.3 Å². The molecule has 0 unspecified atom stereocenters. The average molecular weight is 189 g/mol. The third-order valence-corrected chi connectivity index (χ3v) is 1.79. The molecule has 4 nitrogen and oxygen atoms in total. The molecule has 0 atom stereocenters. The Labute approximate surface area is 81.9 Å². The topological polar surface area (TPSA) is 82.5 Å². The average Bonchev–Trinajstić information content (AvgIpc) is 2.20. The van der Waals surface area contributed by atoms with E-state index in [0.717, 1.165) is 0 Å². The number of nitrogens with two attached hydrogens (primary N) is 1. The maximum atomic E-state index is 8.58. The van der Waals surface area contributed by atoms with Crippen molar-refractivity contribution in [2.45, 2.75) is 0 Å². The number of nitrogen functional groups attached to an aromatic ring is 1. The molecule has 0 saturated carbocycles. The molecular weight excluding hydrogens is 178 g/mol. The molecule has 0 amide bonds. The molecule has 0 fully saturated rings. The van der Waals surface area contributed by atoms with Crippen LogP contribution in [0.5, 0.6) is 0 Å². The first-order valence-corrected chi connectivity index (χ1v) is 3.99. The fourth-order valence-electron chi connectivity index (χ4n) is 1.06. The number of rotatable bonds is 3. The van der Waals surface area contributed by atoms with Gasteiger partial charge in [-0.1, -0.05) is 29.9 Å². The highest BCUT2D eigenvalue weighted by atomic mass is 16.4. The zero-order valence-electron chi connectivity index (χ0n) is 7.57. The van der Waals surface area contributed by atoms with Gasteiger partial charge in [0.15, 0.2) is 0 Å². The molecule has 4 N–H and O–H groups in total. The summed E-state index contributed by atoms with van der Waals surface area (Å²) in [5.74, 6) is 0. The van der Waals surface area contributed by atoms with E-state index >= 15 is 0 Å². The summed E-state index contributed by atoms with van der Waals surface area (Å²) >= 11 is 0. The van der Waals surface area contributed by atoms with Crippen molar-refractivity contribution in [2.24, 2.45) is 5.16 Å². The minimum Gasteiger partial charge on any atom is -0.410 e. The number of anilines is 1. The lowest BCUT2D eigenvalue weighted by molar-refractivity contribution is 0.320. The molecule has 0 spiro atoms. The summed E-state index contributed by atoms with van der Waals surface area (Å²) in [5.41, 5.74) is 6.81. The first kappa shape index (κ1) is 9.98. The third kappa shape index (κ3) is 1.80. The highest BCUT2D eigenvalue weighted by molar-refractivity contribution is 6.51. The summed E-state index contributed by atoms with van der Waals surface area (Å²) in [6.07, 6.45) is 1.30. The van der Waals surface area contributed by atoms with E-state index < -0.39 is 0 Å². The Hall–Kier alpha value is -2.10. The Bertz CT molecular complexity index is 396. The zero-order chi connectivity index (χ0) is 10.6. The Morgan fingerprint density at radius 3 is 2.64 bits per heavy atom. The van der Waals surface area contributed by atoms with E-state index in [1.54, 1.807) is 24.3 Å². The second-order valence-corrected chi connectivity index (χ2v) is 2.65. The first-order chi connectivity index (χ1) is 6.70. The van der Waals surface area contributed by atoms with Gasteiger partial charge in [-0.25, -0.2) is 0 Å². The summed E-state index contributed by atoms with van der Waals surface area (Å²) in [6.45, 7) is 3.44. The number of para-hydroxylation sites is 1.